The Hall–Kier alpha value is -0.900. The minimum absolute atomic E-state index is 0.00296. The van der Waals surface area contributed by atoms with Gasteiger partial charge in [-0.1, -0.05) is 18.2 Å². The van der Waals surface area contributed by atoms with Gasteiger partial charge in [0.25, 0.3) is 0 Å². The number of aliphatic hydroxyl groups excluding tert-OH is 1. The SMILES string of the molecule is N[C@H](CO)c1cccc2ccsc12. The zero-order valence-corrected chi connectivity index (χ0v) is 7.92. The lowest BCUT2D eigenvalue weighted by molar-refractivity contribution is 0.268. The van der Waals surface area contributed by atoms with E-state index in [1.165, 1.54) is 10.1 Å². The van der Waals surface area contributed by atoms with Gasteiger partial charge in [-0.2, -0.15) is 0 Å². The van der Waals surface area contributed by atoms with Crippen LogP contribution in [0.3, 0.4) is 0 Å². The van der Waals surface area contributed by atoms with Crippen LogP contribution < -0.4 is 5.73 Å². The van der Waals surface area contributed by atoms with Gasteiger partial charge in [0.1, 0.15) is 0 Å². The molecule has 0 fully saturated rings. The first-order valence-corrected chi connectivity index (χ1v) is 5.03. The molecule has 0 aliphatic heterocycles. The van der Waals surface area contributed by atoms with Gasteiger partial charge >= 0.3 is 0 Å². The van der Waals surface area contributed by atoms with Crippen molar-refractivity contribution in [3.8, 4) is 0 Å². The van der Waals surface area contributed by atoms with E-state index < -0.39 is 0 Å². The van der Waals surface area contributed by atoms with E-state index in [0.29, 0.717) is 0 Å². The molecule has 13 heavy (non-hydrogen) atoms. The summed E-state index contributed by atoms with van der Waals surface area (Å²) in [7, 11) is 0. The Labute approximate surface area is 80.6 Å². The fraction of sp³-hybridized carbons (Fsp3) is 0.200. The van der Waals surface area contributed by atoms with Crippen LogP contribution in [0, 0.1) is 0 Å². The molecule has 2 rings (SSSR count). The van der Waals surface area contributed by atoms with E-state index in [-0.39, 0.29) is 12.6 Å². The number of hydrogen-bond donors (Lipinski definition) is 2. The van der Waals surface area contributed by atoms with Gasteiger partial charge in [-0.25, -0.2) is 0 Å². The van der Waals surface area contributed by atoms with E-state index in [1.807, 2.05) is 17.5 Å². The molecule has 1 atom stereocenters. The van der Waals surface area contributed by atoms with Crippen LogP contribution >= 0.6 is 11.3 Å². The maximum absolute atomic E-state index is 8.96. The van der Waals surface area contributed by atoms with Crippen LogP contribution in [0.4, 0.5) is 0 Å². The minimum Gasteiger partial charge on any atom is -0.394 e. The molecule has 0 unspecified atom stereocenters. The fourth-order valence-corrected chi connectivity index (χ4v) is 2.38. The van der Waals surface area contributed by atoms with Crippen LogP contribution in [-0.2, 0) is 0 Å². The molecule has 1 aromatic carbocycles. The highest BCUT2D eigenvalue weighted by molar-refractivity contribution is 7.17. The van der Waals surface area contributed by atoms with Crippen LogP contribution in [0.25, 0.3) is 10.1 Å². The second-order valence-electron chi connectivity index (χ2n) is 2.98. The summed E-state index contributed by atoms with van der Waals surface area (Å²) in [6, 6.07) is 7.80. The molecule has 0 spiro atoms. The fourth-order valence-electron chi connectivity index (χ4n) is 1.41. The molecule has 1 aromatic heterocycles. The lowest BCUT2D eigenvalue weighted by Crippen LogP contribution is -2.14. The van der Waals surface area contributed by atoms with Gasteiger partial charge in [0.15, 0.2) is 0 Å². The average molecular weight is 193 g/mol. The lowest BCUT2D eigenvalue weighted by Gasteiger charge is -2.08. The molecular weight excluding hydrogens is 182 g/mol. The van der Waals surface area contributed by atoms with Crippen LogP contribution in [0.1, 0.15) is 11.6 Å². The summed E-state index contributed by atoms with van der Waals surface area (Å²) in [5.41, 5.74) is 6.81. The molecule has 2 aromatic rings. The second-order valence-corrected chi connectivity index (χ2v) is 3.89. The first kappa shape index (κ1) is 8.69. The van der Waals surface area contributed by atoms with Crippen molar-refractivity contribution in [1.29, 1.82) is 0 Å². The largest absolute Gasteiger partial charge is 0.394 e. The molecule has 1 heterocycles. The monoisotopic (exact) mass is 193 g/mol. The Morgan fingerprint density at radius 1 is 1.38 bits per heavy atom. The third kappa shape index (κ3) is 1.46. The summed E-state index contributed by atoms with van der Waals surface area (Å²) in [6.45, 7) is -0.00296. The number of benzene rings is 1. The van der Waals surface area contributed by atoms with E-state index in [9.17, 15) is 0 Å². The molecule has 0 saturated carbocycles. The molecule has 0 aliphatic carbocycles. The van der Waals surface area contributed by atoms with Gasteiger partial charge in [-0.3, -0.25) is 0 Å². The molecule has 3 heteroatoms. The third-order valence-electron chi connectivity index (χ3n) is 2.11. The van der Waals surface area contributed by atoms with Crippen LogP contribution in [0.2, 0.25) is 0 Å². The normalized spacial score (nSPS) is 13.4. The van der Waals surface area contributed by atoms with Crippen LogP contribution in [0.5, 0.6) is 0 Å². The molecule has 0 bridgehead atoms. The highest BCUT2D eigenvalue weighted by Crippen LogP contribution is 2.27. The maximum Gasteiger partial charge on any atom is 0.0624 e. The van der Waals surface area contributed by atoms with Crippen molar-refractivity contribution in [3.05, 3.63) is 35.2 Å². The van der Waals surface area contributed by atoms with Gasteiger partial charge in [0.2, 0.25) is 0 Å². The molecule has 0 saturated heterocycles. The van der Waals surface area contributed by atoms with E-state index in [1.54, 1.807) is 11.3 Å². The first-order chi connectivity index (χ1) is 6.33. The second kappa shape index (κ2) is 3.46. The Kier molecular flexibility index (Phi) is 2.31. The summed E-state index contributed by atoms with van der Waals surface area (Å²) >= 11 is 1.67. The highest BCUT2D eigenvalue weighted by atomic mass is 32.1. The molecule has 68 valence electrons. The molecule has 2 nitrogen and oxygen atoms in total. The Morgan fingerprint density at radius 3 is 3.00 bits per heavy atom. The van der Waals surface area contributed by atoms with Crippen molar-refractivity contribution in [2.24, 2.45) is 5.73 Å². The Balaban J connectivity index is 2.60. The van der Waals surface area contributed by atoms with Crippen molar-refractivity contribution in [1.82, 2.24) is 0 Å². The van der Waals surface area contributed by atoms with E-state index in [4.69, 9.17) is 10.8 Å². The summed E-state index contributed by atoms with van der Waals surface area (Å²) in [5.74, 6) is 0. The number of nitrogens with two attached hydrogens (primary N) is 1. The predicted molar refractivity (Wildman–Crippen MR) is 55.8 cm³/mol. The predicted octanol–water partition coefficient (Wildman–Crippen LogP) is 1.89. The van der Waals surface area contributed by atoms with Gasteiger partial charge in [0, 0.05) is 4.70 Å². The first-order valence-electron chi connectivity index (χ1n) is 4.15. The molecule has 0 radical (unpaired) electrons. The number of fused-ring (bicyclic) bond motifs is 1. The quantitative estimate of drug-likeness (QED) is 0.765. The number of rotatable bonds is 2. The van der Waals surface area contributed by atoms with Crippen molar-refractivity contribution in [2.45, 2.75) is 6.04 Å². The van der Waals surface area contributed by atoms with Crippen molar-refractivity contribution in [2.75, 3.05) is 6.61 Å². The van der Waals surface area contributed by atoms with Crippen molar-refractivity contribution >= 4 is 21.4 Å². The molecule has 3 N–H and O–H groups in total. The molecular formula is C10H11NOS. The number of thiophene rings is 1. The number of aliphatic hydroxyl groups is 1. The minimum atomic E-state index is -0.262. The van der Waals surface area contributed by atoms with Gasteiger partial charge < -0.3 is 10.8 Å². The Bertz CT molecular complexity index is 410. The summed E-state index contributed by atoms with van der Waals surface area (Å²) in [5, 5.41) is 12.2. The summed E-state index contributed by atoms with van der Waals surface area (Å²) < 4.78 is 1.18. The smallest absolute Gasteiger partial charge is 0.0624 e. The van der Waals surface area contributed by atoms with Gasteiger partial charge in [-0.05, 0) is 22.4 Å². The van der Waals surface area contributed by atoms with E-state index >= 15 is 0 Å². The lowest BCUT2D eigenvalue weighted by atomic mass is 10.1. The summed E-state index contributed by atoms with van der Waals surface area (Å²) in [6.07, 6.45) is 0. The van der Waals surface area contributed by atoms with Gasteiger partial charge in [0.05, 0.1) is 12.6 Å². The zero-order chi connectivity index (χ0) is 9.26. The standard InChI is InChI=1S/C10H11NOS/c11-9(6-12)8-3-1-2-7-4-5-13-10(7)8/h1-5,9,12H,6,11H2/t9-/m1/s1. The highest BCUT2D eigenvalue weighted by Gasteiger charge is 2.08. The zero-order valence-electron chi connectivity index (χ0n) is 7.10. The summed E-state index contributed by atoms with van der Waals surface area (Å²) in [4.78, 5) is 0. The molecule has 0 amide bonds. The van der Waals surface area contributed by atoms with Gasteiger partial charge in [-0.15, -0.1) is 11.3 Å². The van der Waals surface area contributed by atoms with Crippen molar-refractivity contribution < 1.29 is 5.11 Å². The molecule has 0 aliphatic rings. The van der Waals surface area contributed by atoms with Crippen LogP contribution in [0.15, 0.2) is 29.6 Å². The third-order valence-corrected chi connectivity index (χ3v) is 3.08. The van der Waals surface area contributed by atoms with Crippen molar-refractivity contribution in [3.63, 3.8) is 0 Å². The van der Waals surface area contributed by atoms with E-state index in [2.05, 4.69) is 12.1 Å². The average Bonchev–Trinajstić information content (AvgIpc) is 2.63. The van der Waals surface area contributed by atoms with E-state index in [0.717, 1.165) is 5.56 Å². The topological polar surface area (TPSA) is 46.2 Å². The number of hydrogen-bond acceptors (Lipinski definition) is 3. The maximum atomic E-state index is 8.96. The Morgan fingerprint density at radius 2 is 2.23 bits per heavy atom. The van der Waals surface area contributed by atoms with Crippen LogP contribution in [-0.4, -0.2) is 11.7 Å².